The number of carbonyl (C=O) groups is 2. The minimum absolute atomic E-state index is 0.0833. The van der Waals surface area contributed by atoms with E-state index in [0.717, 1.165) is 71.9 Å². The minimum atomic E-state index is -4.55. The Hall–Kier alpha value is -3.54. The van der Waals surface area contributed by atoms with E-state index in [1.165, 1.54) is 0 Å². The second-order valence-corrected chi connectivity index (χ2v) is 13.2. The Bertz CT molecular complexity index is 1470. The van der Waals surface area contributed by atoms with Crippen LogP contribution in [-0.2, 0) is 15.8 Å². The highest BCUT2D eigenvalue weighted by Gasteiger charge is 2.42. The SMILES string of the molecule is Cc1cc(Nc2nccc(C(F)(F)F)n2)cc(-c2cnc(C3CCC(C(=O)NCCCN4CCCC4=O)C(C)(C)C3)s2)c1. The molecule has 3 heterocycles. The lowest BCUT2D eigenvalue weighted by Gasteiger charge is -2.41. The van der Waals surface area contributed by atoms with Gasteiger partial charge in [0.25, 0.3) is 0 Å². The van der Waals surface area contributed by atoms with Crippen LogP contribution in [0.1, 0.15) is 74.6 Å². The van der Waals surface area contributed by atoms with Crippen molar-refractivity contribution < 1.29 is 22.8 Å². The summed E-state index contributed by atoms with van der Waals surface area (Å²) in [4.78, 5) is 40.0. The third-order valence-electron chi connectivity index (χ3n) is 8.35. The third-order valence-corrected chi connectivity index (χ3v) is 9.56. The summed E-state index contributed by atoms with van der Waals surface area (Å²) in [7, 11) is 0. The lowest BCUT2D eigenvalue weighted by atomic mass is 9.65. The first-order valence-corrected chi connectivity index (χ1v) is 15.5. The monoisotopic (exact) mass is 614 g/mol. The summed E-state index contributed by atoms with van der Waals surface area (Å²) in [6.07, 6.45) is 3.18. The van der Waals surface area contributed by atoms with Crippen molar-refractivity contribution in [2.75, 3.05) is 25.0 Å². The Kier molecular flexibility index (Phi) is 9.05. The number of amides is 2. The summed E-state index contributed by atoms with van der Waals surface area (Å²) >= 11 is 1.61. The zero-order chi connectivity index (χ0) is 30.8. The molecule has 0 bridgehead atoms. The molecule has 2 unspecified atom stereocenters. The summed E-state index contributed by atoms with van der Waals surface area (Å²) in [5.74, 6) is 0.321. The van der Waals surface area contributed by atoms with Gasteiger partial charge in [-0.2, -0.15) is 13.2 Å². The first-order chi connectivity index (χ1) is 20.4. The summed E-state index contributed by atoms with van der Waals surface area (Å²) in [5.41, 5.74) is 1.22. The molecule has 1 aliphatic carbocycles. The van der Waals surface area contributed by atoms with E-state index >= 15 is 0 Å². The van der Waals surface area contributed by atoms with Gasteiger partial charge >= 0.3 is 6.18 Å². The fraction of sp³-hybridized carbons (Fsp3) is 0.516. The molecule has 0 spiro atoms. The normalized spacial score (nSPS) is 20.3. The predicted molar refractivity (Wildman–Crippen MR) is 160 cm³/mol. The van der Waals surface area contributed by atoms with Crippen LogP contribution in [0, 0.1) is 18.3 Å². The number of rotatable bonds is 9. The quantitative estimate of drug-likeness (QED) is 0.260. The molecule has 230 valence electrons. The Morgan fingerprint density at radius 3 is 2.72 bits per heavy atom. The molecule has 12 heteroatoms. The summed E-state index contributed by atoms with van der Waals surface area (Å²) < 4.78 is 39.3. The lowest BCUT2D eigenvalue weighted by Crippen LogP contribution is -2.43. The van der Waals surface area contributed by atoms with E-state index in [-0.39, 0.29) is 35.0 Å². The minimum Gasteiger partial charge on any atom is -0.356 e. The van der Waals surface area contributed by atoms with Crippen LogP contribution in [0.5, 0.6) is 0 Å². The van der Waals surface area contributed by atoms with Crippen molar-refractivity contribution in [2.24, 2.45) is 11.3 Å². The van der Waals surface area contributed by atoms with Crippen LogP contribution in [0.2, 0.25) is 0 Å². The van der Waals surface area contributed by atoms with E-state index in [4.69, 9.17) is 4.98 Å². The van der Waals surface area contributed by atoms with Gasteiger partial charge in [0.05, 0.1) is 9.88 Å². The Morgan fingerprint density at radius 1 is 1.19 bits per heavy atom. The largest absolute Gasteiger partial charge is 0.433 e. The van der Waals surface area contributed by atoms with Gasteiger partial charge in [0.2, 0.25) is 17.8 Å². The number of benzene rings is 1. The van der Waals surface area contributed by atoms with Gasteiger partial charge in [-0.25, -0.2) is 15.0 Å². The van der Waals surface area contributed by atoms with Gasteiger partial charge in [0, 0.05) is 56.0 Å². The average Bonchev–Trinajstić information content (AvgIpc) is 3.59. The molecular weight excluding hydrogens is 577 g/mol. The van der Waals surface area contributed by atoms with Crippen LogP contribution in [0.4, 0.5) is 24.8 Å². The van der Waals surface area contributed by atoms with E-state index in [0.29, 0.717) is 25.2 Å². The van der Waals surface area contributed by atoms with Crippen molar-refractivity contribution in [3.05, 3.63) is 52.9 Å². The molecule has 2 aliphatic rings. The van der Waals surface area contributed by atoms with E-state index in [1.54, 1.807) is 11.3 Å². The third kappa shape index (κ3) is 7.52. The summed E-state index contributed by atoms with van der Waals surface area (Å²) in [5, 5.41) is 7.03. The van der Waals surface area contributed by atoms with Crippen molar-refractivity contribution in [3.63, 3.8) is 0 Å². The molecule has 1 aliphatic heterocycles. The molecule has 1 saturated carbocycles. The highest BCUT2D eigenvalue weighted by molar-refractivity contribution is 7.15. The fourth-order valence-electron chi connectivity index (χ4n) is 6.19. The van der Waals surface area contributed by atoms with Crippen molar-refractivity contribution in [2.45, 2.75) is 71.4 Å². The van der Waals surface area contributed by atoms with Crippen molar-refractivity contribution in [3.8, 4) is 10.4 Å². The zero-order valence-electron chi connectivity index (χ0n) is 24.6. The van der Waals surface area contributed by atoms with Gasteiger partial charge in [-0.15, -0.1) is 11.3 Å². The van der Waals surface area contributed by atoms with Crippen molar-refractivity contribution in [1.82, 2.24) is 25.2 Å². The molecule has 2 aromatic heterocycles. The number of hydrogen-bond donors (Lipinski definition) is 2. The maximum Gasteiger partial charge on any atom is 0.433 e. The number of aromatic nitrogens is 3. The van der Waals surface area contributed by atoms with Crippen LogP contribution in [0.3, 0.4) is 0 Å². The van der Waals surface area contributed by atoms with Gasteiger partial charge in [-0.1, -0.05) is 19.9 Å². The van der Waals surface area contributed by atoms with E-state index in [9.17, 15) is 22.8 Å². The number of hydrogen-bond acceptors (Lipinski definition) is 7. The number of nitrogens with zero attached hydrogens (tertiary/aromatic N) is 4. The smallest absolute Gasteiger partial charge is 0.356 e. The van der Waals surface area contributed by atoms with Crippen LogP contribution < -0.4 is 10.6 Å². The fourth-order valence-corrected chi connectivity index (χ4v) is 7.23. The second kappa shape index (κ2) is 12.6. The molecule has 1 saturated heterocycles. The van der Waals surface area contributed by atoms with Gasteiger partial charge in [-0.05, 0) is 73.8 Å². The molecule has 43 heavy (non-hydrogen) atoms. The number of thiazole rings is 1. The van der Waals surface area contributed by atoms with Crippen LogP contribution >= 0.6 is 11.3 Å². The molecule has 2 N–H and O–H groups in total. The number of nitrogens with one attached hydrogen (secondary N) is 2. The standard InChI is InChI=1S/C31H37F3N6O2S/c1-19-14-21(16-22(15-19)38-29-36-11-9-25(39-29)31(32,33)34)24-18-37-28(43-24)20-7-8-23(30(2,3)17-20)27(42)35-10-5-13-40-12-4-6-26(40)41/h9,11,14-16,18,20,23H,4-8,10,12-13,17H2,1-3H3,(H,35,42)(H,36,38,39). The van der Waals surface area contributed by atoms with E-state index in [2.05, 4.69) is 34.4 Å². The number of carbonyl (C=O) groups excluding carboxylic acids is 2. The summed E-state index contributed by atoms with van der Waals surface area (Å²) in [6, 6.07) is 6.54. The van der Waals surface area contributed by atoms with E-state index in [1.807, 2.05) is 36.2 Å². The molecule has 3 aromatic rings. The predicted octanol–water partition coefficient (Wildman–Crippen LogP) is 6.71. The molecule has 2 fully saturated rings. The lowest BCUT2D eigenvalue weighted by molar-refractivity contribution is -0.141. The summed E-state index contributed by atoms with van der Waals surface area (Å²) in [6.45, 7) is 8.30. The molecule has 0 radical (unpaired) electrons. The van der Waals surface area contributed by atoms with Gasteiger partial charge in [-0.3, -0.25) is 9.59 Å². The molecular formula is C31H37F3N6O2S. The topological polar surface area (TPSA) is 100 Å². The molecule has 5 rings (SSSR count). The van der Waals surface area contributed by atoms with Crippen LogP contribution in [-0.4, -0.2) is 51.3 Å². The maximum atomic E-state index is 13.1. The van der Waals surface area contributed by atoms with Crippen molar-refractivity contribution >= 4 is 34.8 Å². The zero-order valence-corrected chi connectivity index (χ0v) is 25.4. The van der Waals surface area contributed by atoms with E-state index < -0.39 is 11.9 Å². The number of likely N-dealkylation sites (tertiary alicyclic amines) is 1. The first-order valence-electron chi connectivity index (χ1n) is 14.7. The number of anilines is 2. The number of aryl methyl sites for hydroxylation is 1. The van der Waals surface area contributed by atoms with Gasteiger partial charge in [0.15, 0.2) is 0 Å². The highest BCUT2D eigenvalue weighted by atomic mass is 32.1. The number of halogens is 3. The second-order valence-electron chi connectivity index (χ2n) is 12.2. The number of alkyl halides is 3. The van der Waals surface area contributed by atoms with Gasteiger partial charge < -0.3 is 15.5 Å². The molecule has 1 aromatic carbocycles. The Balaban J connectivity index is 1.20. The van der Waals surface area contributed by atoms with Gasteiger partial charge in [0.1, 0.15) is 5.69 Å². The Morgan fingerprint density at radius 2 is 2.00 bits per heavy atom. The van der Waals surface area contributed by atoms with Crippen LogP contribution in [0.15, 0.2) is 36.7 Å². The molecule has 2 atom stereocenters. The van der Waals surface area contributed by atoms with Crippen molar-refractivity contribution in [1.29, 1.82) is 0 Å². The first kappa shape index (κ1) is 30.9. The average molecular weight is 615 g/mol. The molecule has 2 amide bonds. The van der Waals surface area contributed by atoms with Crippen LogP contribution in [0.25, 0.3) is 10.4 Å². The maximum absolute atomic E-state index is 13.1. The Labute approximate surface area is 253 Å². The highest BCUT2D eigenvalue weighted by Crippen LogP contribution is 2.48. The molecule has 8 nitrogen and oxygen atoms in total.